The van der Waals surface area contributed by atoms with Crippen LogP contribution in [0.25, 0.3) is 0 Å². The molecule has 4 heteroatoms. The summed E-state index contributed by atoms with van der Waals surface area (Å²) in [5, 5.41) is 3.32. The molecule has 0 aliphatic carbocycles. The third kappa shape index (κ3) is 2.95. The SMILES string of the molecule is CC1CN(C(=O)[C@H]2CCCCN2)CCCO1. The number of amides is 1. The number of hydrogen-bond acceptors (Lipinski definition) is 3. The Morgan fingerprint density at radius 3 is 3.00 bits per heavy atom. The Labute approximate surface area is 97.3 Å². The molecular formula is C12H22N2O2. The number of hydrogen-bond donors (Lipinski definition) is 1. The molecule has 0 saturated carbocycles. The number of rotatable bonds is 1. The van der Waals surface area contributed by atoms with Gasteiger partial charge in [0.05, 0.1) is 12.1 Å². The van der Waals surface area contributed by atoms with Gasteiger partial charge in [0.15, 0.2) is 0 Å². The van der Waals surface area contributed by atoms with Crippen LogP contribution in [0, 0.1) is 0 Å². The molecule has 92 valence electrons. The molecule has 2 atom stereocenters. The van der Waals surface area contributed by atoms with E-state index in [4.69, 9.17) is 4.74 Å². The number of nitrogens with one attached hydrogen (secondary N) is 1. The zero-order chi connectivity index (χ0) is 11.4. The van der Waals surface area contributed by atoms with Crippen molar-refractivity contribution >= 4 is 5.91 Å². The minimum Gasteiger partial charge on any atom is -0.377 e. The number of ether oxygens (including phenoxy) is 1. The van der Waals surface area contributed by atoms with Crippen LogP contribution in [0.2, 0.25) is 0 Å². The van der Waals surface area contributed by atoms with E-state index in [1.165, 1.54) is 12.8 Å². The van der Waals surface area contributed by atoms with Crippen molar-refractivity contribution in [2.45, 2.75) is 44.8 Å². The third-order valence-electron chi connectivity index (χ3n) is 3.37. The van der Waals surface area contributed by atoms with Crippen molar-refractivity contribution in [1.29, 1.82) is 0 Å². The number of carbonyl (C=O) groups excluding carboxylic acids is 1. The first-order chi connectivity index (χ1) is 7.77. The first kappa shape index (κ1) is 11.9. The minimum absolute atomic E-state index is 0.0547. The maximum absolute atomic E-state index is 12.3. The fourth-order valence-electron chi connectivity index (χ4n) is 2.48. The van der Waals surface area contributed by atoms with Gasteiger partial charge in [-0.15, -0.1) is 0 Å². The van der Waals surface area contributed by atoms with Crippen LogP contribution < -0.4 is 5.32 Å². The van der Waals surface area contributed by atoms with Gasteiger partial charge in [0.1, 0.15) is 0 Å². The van der Waals surface area contributed by atoms with Gasteiger partial charge in [0, 0.05) is 19.7 Å². The predicted molar refractivity (Wildman–Crippen MR) is 62.3 cm³/mol. The molecule has 2 heterocycles. The van der Waals surface area contributed by atoms with Crippen molar-refractivity contribution in [3.63, 3.8) is 0 Å². The summed E-state index contributed by atoms with van der Waals surface area (Å²) in [6.45, 7) is 5.40. The van der Waals surface area contributed by atoms with Crippen molar-refractivity contribution in [3.8, 4) is 0 Å². The maximum Gasteiger partial charge on any atom is 0.239 e. The Bertz CT molecular complexity index is 239. The number of carbonyl (C=O) groups is 1. The van der Waals surface area contributed by atoms with E-state index < -0.39 is 0 Å². The molecule has 0 bridgehead atoms. The lowest BCUT2D eigenvalue weighted by molar-refractivity contribution is -0.134. The molecule has 16 heavy (non-hydrogen) atoms. The zero-order valence-corrected chi connectivity index (χ0v) is 10.1. The molecule has 0 radical (unpaired) electrons. The topological polar surface area (TPSA) is 41.6 Å². The molecule has 2 fully saturated rings. The first-order valence-electron chi connectivity index (χ1n) is 6.41. The average molecular weight is 226 g/mol. The molecule has 2 saturated heterocycles. The van der Waals surface area contributed by atoms with Crippen molar-refractivity contribution in [3.05, 3.63) is 0 Å². The van der Waals surface area contributed by atoms with Crippen molar-refractivity contribution in [1.82, 2.24) is 10.2 Å². The molecule has 1 unspecified atom stereocenters. The largest absolute Gasteiger partial charge is 0.377 e. The van der Waals surface area contributed by atoms with E-state index in [0.29, 0.717) is 0 Å². The second-order valence-electron chi connectivity index (χ2n) is 4.82. The van der Waals surface area contributed by atoms with Crippen LogP contribution in [-0.4, -0.2) is 49.2 Å². The second-order valence-corrected chi connectivity index (χ2v) is 4.82. The Kier molecular flexibility index (Phi) is 4.18. The number of nitrogens with zero attached hydrogens (tertiary/aromatic N) is 1. The summed E-state index contributed by atoms with van der Waals surface area (Å²) >= 11 is 0. The molecule has 0 aromatic carbocycles. The Morgan fingerprint density at radius 1 is 1.38 bits per heavy atom. The van der Waals surface area contributed by atoms with Gasteiger partial charge in [-0.1, -0.05) is 6.42 Å². The molecule has 0 aromatic heterocycles. The van der Waals surface area contributed by atoms with Crippen LogP contribution in [-0.2, 0) is 9.53 Å². The summed E-state index contributed by atoms with van der Waals surface area (Å²) in [4.78, 5) is 14.2. The van der Waals surface area contributed by atoms with Crippen molar-refractivity contribution in [2.24, 2.45) is 0 Å². The van der Waals surface area contributed by atoms with Crippen LogP contribution in [0.15, 0.2) is 0 Å². The van der Waals surface area contributed by atoms with Crippen LogP contribution in [0.3, 0.4) is 0 Å². The molecule has 0 spiro atoms. The Balaban J connectivity index is 1.91. The van der Waals surface area contributed by atoms with Crippen LogP contribution >= 0.6 is 0 Å². The molecule has 2 aliphatic rings. The fraction of sp³-hybridized carbons (Fsp3) is 0.917. The van der Waals surface area contributed by atoms with Gasteiger partial charge in [0.25, 0.3) is 0 Å². The highest BCUT2D eigenvalue weighted by Gasteiger charge is 2.27. The third-order valence-corrected chi connectivity index (χ3v) is 3.37. The Morgan fingerprint density at radius 2 is 2.25 bits per heavy atom. The highest BCUT2D eigenvalue weighted by Crippen LogP contribution is 2.12. The van der Waals surface area contributed by atoms with E-state index in [1.54, 1.807) is 0 Å². The van der Waals surface area contributed by atoms with Crippen molar-refractivity contribution in [2.75, 3.05) is 26.2 Å². The van der Waals surface area contributed by atoms with Gasteiger partial charge in [-0.05, 0) is 32.7 Å². The van der Waals surface area contributed by atoms with Gasteiger partial charge in [0.2, 0.25) is 5.91 Å². The highest BCUT2D eigenvalue weighted by atomic mass is 16.5. The molecular weight excluding hydrogens is 204 g/mol. The van der Waals surface area contributed by atoms with E-state index in [1.807, 2.05) is 11.8 Å². The predicted octanol–water partition coefficient (Wildman–Crippen LogP) is 0.766. The molecule has 0 aromatic rings. The summed E-state index contributed by atoms with van der Waals surface area (Å²) in [5.74, 6) is 0.275. The summed E-state index contributed by atoms with van der Waals surface area (Å²) < 4.78 is 5.56. The molecule has 2 rings (SSSR count). The van der Waals surface area contributed by atoms with E-state index in [9.17, 15) is 4.79 Å². The second kappa shape index (κ2) is 5.64. The zero-order valence-electron chi connectivity index (χ0n) is 10.1. The van der Waals surface area contributed by atoms with Gasteiger partial charge < -0.3 is 15.0 Å². The van der Waals surface area contributed by atoms with Gasteiger partial charge in [-0.3, -0.25) is 4.79 Å². The minimum atomic E-state index is 0.0547. The van der Waals surface area contributed by atoms with Crippen LogP contribution in [0.1, 0.15) is 32.6 Å². The lowest BCUT2D eigenvalue weighted by Gasteiger charge is -2.29. The van der Waals surface area contributed by atoms with E-state index in [0.717, 1.165) is 39.1 Å². The quantitative estimate of drug-likeness (QED) is 0.718. The van der Waals surface area contributed by atoms with Gasteiger partial charge in [-0.25, -0.2) is 0 Å². The normalized spacial score (nSPS) is 32.2. The molecule has 4 nitrogen and oxygen atoms in total. The van der Waals surface area contributed by atoms with E-state index in [-0.39, 0.29) is 18.1 Å². The Hall–Kier alpha value is -0.610. The van der Waals surface area contributed by atoms with E-state index >= 15 is 0 Å². The maximum atomic E-state index is 12.3. The highest BCUT2D eigenvalue weighted by molar-refractivity contribution is 5.82. The smallest absolute Gasteiger partial charge is 0.239 e. The molecule has 2 aliphatic heterocycles. The first-order valence-corrected chi connectivity index (χ1v) is 6.41. The standard InChI is InChI=1S/C12H22N2O2/c1-10-9-14(7-4-8-16-10)12(15)11-5-2-3-6-13-11/h10-11,13H,2-9H2,1H3/t10?,11-/m1/s1. The van der Waals surface area contributed by atoms with Gasteiger partial charge >= 0.3 is 0 Å². The molecule has 1 N–H and O–H groups in total. The lowest BCUT2D eigenvalue weighted by Crippen LogP contribution is -2.49. The summed E-state index contributed by atoms with van der Waals surface area (Å²) in [5.41, 5.74) is 0. The summed E-state index contributed by atoms with van der Waals surface area (Å²) in [6, 6.07) is 0.0547. The van der Waals surface area contributed by atoms with Crippen molar-refractivity contribution < 1.29 is 9.53 Å². The average Bonchev–Trinajstić information content (AvgIpc) is 2.54. The van der Waals surface area contributed by atoms with Gasteiger partial charge in [-0.2, -0.15) is 0 Å². The fourth-order valence-corrected chi connectivity index (χ4v) is 2.48. The van der Waals surface area contributed by atoms with E-state index in [2.05, 4.69) is 5.32 Å². The number of piperidine rings is 1. The summed E-state index contributed by atoms with van der Waals surface area (Å²) in [7, 11) is 0. The molecule has 1 amide bonds. The summed E-state index contributed by atoms with van der Waals surface area (Å²) in [6.07, 6.45) is 4.50. The monoisotopic (exact) mass is 226 g/mol. The lowest BCUT2D eigenvalue weighted by atomic mass is 10.0. The van der Waals surface area contributed by atoms with Crippen LogP contribution in [0.4, 0.5) is 0 Å². The van der Waals surface area contributed by atoms with Crippen LogP contribution in [0.5, 0.6) is 0 Å².